The average molecular weight is 434 g/mol. The van der Waals surface area contributed by atoms with Crippen molar-refractivity contribution in [2.24, 2.45) is 0 Å². The summed E-state index contributed by atoms with van der Waals surface area (Å²) >= 11 is 0. The third kappa shape index (κ3) is 6.25. The number of ether oxygens (including phenoxy) is 3. The Kier molecular flexibility index (Phi) is 8.09. The minimum Gasteiger partial charge on any atom is -0.494 e. The molecule has 0 atom stereocenters. The van der Waals surface area contributed by atoms with Crippen LogP contribution in [-0.2, 0) is 4.79 Å². The highest BCUT2D eigenvalue weighted by Crippen LogP contribution is 2.36. The molecule has 166 valence electrons. The highest BCUT2D eigenvalue weighted by Gasteiger charge is 2.16. The maximum Gasteiger partial charge on any atom is 0.255 e. The van der Waals surface area contributed by atoms with Crippen LogP contribution in [0.1, 0.15) is 23.2 Å². The quantitative estimate of drug-likeness (QED) is 0.450. The molecule has 0 heterocycles. The fraction of sp³-hybridized carbons (Fsp3) is 0.200. The molecule has 0 saturated carbocycles. The van der Waals surface area contributed by atoms with Crippen LogP contribution < -0.4 is 24.8 Å². The first kappa shape index (κ1) is 22.7. The van der Waals surface area contributed by atoms with E-state index in [2.05, 4.69) is 10.6 Å². The molecule has 0 aliphatic carbocycles. The van der Waals surface area contributed by atoms with Gasteiger partial charge in [0, 0.05) is 24.1 Å². The number of anilines is 2. The van der Waals surface area contributed by atoms with Crippen molar-refractivity contribution in [2.45, 2.75) is 12.8 Å². The Morgan fingerprint density at radius 3 is 1.94 bits per heavy atom. The molecule has 0 bridgehead atoms. The molecular formula is C25H26N2O5. The van der Waals surface area contributed by atoms with E-state index in [0.717, 1.165) is 5.75 Å². The number of hydrogen-bond donors (Lipinski definition) is 2. The summed E-state index contributed by atoms with van der Waals surface area (Å²) in [5.74, 6) is 1.12. The van der Waals surface area contributed by atoms with E-state index in [1.165, 1.54) is 14.2 Å². The fourth-order valence-corrected chi connectivity index (χ4v) is 3.03. The number of methoxy groups -OCH3 is 2. The van der Waals surface area contributed by atoms with Crippen molar-refractivity contribution in [3.8, 4) is 17.2 Å². The number of carbonyl (C=O) groups excluding carboxylic acids is 2. The Hall–Kier alpha value is -4.00. The summed E-state index contributed by atoms with van der Waals surface area (Å²) in [5, 5.41) is 5.65. The second-order valence-electron chi connectivity index (χ2n) is 6.89. The second-order valence-corrected chi connectivity index (χ2v) is 6.89. The first-order valence-electron chi connectivity index (χ1n) is 10.2. The largest absolute Gasteiger partial charge is 0.494 e. The first-order chi connectivity index (χ1) is 15.6. The normalized spacial score (nSPS) is 10.2. The van der Waals surface area contributed by atoms with Gasteiger partial charge in [-0.3, -0.25) is 9.59 Å². The van der Waals surface area contributed by atoms with Crippen molar-refractivity contribution in [1.82, 2.24) is 0 Å². The lowest BCUT2D eigenvalue weighted by Crippen LogP contribution is -2.15. The summed E-state index contributed by atoms with van der Waals surface area (Å²) in [7, 11) is 2.99. The van der Waals surface area contributed by atoms with Gasteiger partial charge in [-0.05, 0) is 30.7 Å². The summed E-state index contributed by atoms with van der Waals surface area (Å²) in [4.78, 5) is 24.9. The molecule has 2 N–H and O–H groups in total. The van der Waals surface area contributed by atoms with Crippen molar-refractivity contribution < 1.29 is 23.8 Å². The van der Waals surface area contributed by atoms with Gasteiger partial charge in [0.05, 0.1) is 32.2 Å². The molecule has 3 aromatic rings. The molecule has 2 amide bonds. The summed E-state index contributed by atoms with van der Waals surface area (Å²) in [5.41, 5.74) is 1.41. The zero-order valence-electron chi connectivity index (χ0n) is 18.1. The topological polar surface area (TPSA) is 85.9 Å². The van der Waals surface area contributed by atoms with Crippen LogP contribution in [0.3, 0.4) is 0 Å². The molecule has 0 aliphatic rings. The number of amides is 2. The van der Waals surface area contributed by atoms with Gasteiger partial charge in [0.1, 0.15) is 17.2 Å². The van der Waals surface area contributed by atoms with Crippen molar-refractivity contribution in [2.75, 3.05) is 31.5 Å². The van der Waals surface area contributed by atoms with Gasteiger partial charge in [-0.25, -0.2) is 0 Å². The molecular weight excluding hydrogens is 408 g/mol. The van der Waals surface area contributed by atoms with E-state index in [4.69, 9.17) is 14.2 Å². The molecule has 32 heavy (non-hydrogen) atoms. The third-order valence-electron chi connectivity index (χ3n) is 4.64. The van der Waals surface area contributed by atoms with Crippen molar-refractivity contribution in [3.05, 3.63) is 78.4 Å². The summed E-state index contributed by atoms with van der Waals surface area (Å²) in [6.45, 7) is 0.433. The van der Waals surface area contributed by atoms with Crippen LogP contribution in [-0.4, -0.2) is 32.6 Å². The molecule has 3 rings (SSSR count). The highest BCUT2D eigenvalue weighted by molar-refractivity contribution is 6.05. The van der Waals surface area contributed by atoms with Crippen LogP contribution in [0.2, 0.25) is 0 Å². The van der Waals surface area contributed by atoms with Crippen molar-refractivity contribution in [3.63, 3.8) is 0 Å². The Morgan fingerprint density at radius 1 is 0.781 bits per heavy atom. The maximum absolute atomic E-state index is 12.5. The van der Waals surface area contributed by atoms with E-state index in [9.17, 15) is 9.59 Å². The van der Waals surface area contributed by atoms with E-state index in [1.54, 1.807) is 36.4 Å². The molecule has 3 aromatic carbocycles. The zero-order chi connectivity index (χ0) is 22.8. The lowest BCUT2D eigenvalue weighted by atomic mass is 10.2. The van der Waals surface area contributed by atoms with Gasteiger partial charge in [0.15, 0.2) is 0 Å². The molecule has 0 spiro atoms. The van der Waals surface area contributed by atoms with Gasteiger partial charge >= 0.3 is 0 Å². The van der Waals surface area contributed by atoms with E-state index in [1.807, 2.05) is 36.4 Å². The van der Waals surface area contributed by atoms with Crippen LogP contribution in [0.5, 0.6) is 17.2 Å². The SMILES string of the molecule is COc1cc(NC(=O)c2ccccc2)c(OC)cc1NC(=O)CCCOc1ccccc1. The molecule has 0 unspecified atom stereocenters. The fourth-order valence-electron chi connectivity index (χ4n) is 3.03. The van der Waals surface area contributed by atoms with Gasteiger partial charge in [-0.15, -0.1) is 0 Å². The number of benzene rings is 3. The van der Waals surface area contributed by atoms with Gasteiger partial charge in [0.25, 0.3) is 5.91 Å². The van der Waals surface area contributed by atoms with Crippen LogP contribution in [0.25, 0.3) is 0 Å². The molecule has 7 nitrogen and oxygen atoms in total. The lowest BCUT2D eigenvalue weighted by Gasteiger charge is -2.16. The van der Waals surface area contributed by atoms with E-state index in [-0.39, 0.29) is 18.2 Å². The monoisotopic (exact) mass is 434 g/mol. The summed E-state index contributed by atoms with van der Waals surface area (Å²) in [6.07, 6.45) is 0.843. The number of nitrogens with one attached hydrogen (secondary N) is 2. The van der Waals surface area contributed by atoms with Crippen LogP contribution >= 0.6 is 0 Å². The van der Waals surface area contributed by atoms with E-state index in [0.29, 0.717) is 41.5 Å². The molecule has 0 fully saturated rings. The Morgan fingerprint density at radius 2 is 1.34 bits per heavy atom. The van der Waals surface area contributed by atoms with Gasteiger partial charge < -0.3 is 24.8 Å². The third-order valence-corrected chi connectivity index (χ3v) is 4.64. The van der Waals surface area contributed by atoms with Crippen molar-refractivity contribution >= 4 is 23.2 Å². The number of carbonyl (C=O) groups is 2. The van der Waals surface area contributed by atoms with Gasteiger partial charge in [-0.2, -0.15) is 0 Å². The number of para-hydroxylation sites is 1. The van der Waals surface area contributed by atoms with Crippen molar-refractivity contribution in [1.29, 1.82) is 0 Å². The molecule has 0 saturated heterocycles. The Labute approximate surface area is 187 Å². The first-order valence-corrected chi connectivity index (χ1v) is 10.2. The second kappa shape index (κ2) is 11.4. The molecule has 0 radical (unpaired) electrons. The van der Waals surface area contributed by atoms with Gasteiger partial charge in [0.2, 0.25) is 5.91 Å². The summed E-state index contributed by atoms with van der Waals surface area (Å²) in [6, 6.07) is 21.5. The standard InChI is InChI=1S/C25H26N2O5/c1-30-22-17-21(27-25(29)18-10-5-3-6-11-18)23(31-2)16-20(22)26-24(28)14-9-15-32-19-12-7-4-8-13-19/h3-8,10-13,16-17H,9,14-15H2,1-2H3,(H,26,28)(H,27,29). The smallest absolute Gasteiger partial charge is 0.255 e. The van der Waals surface area contributed by atoms with Gasteiger partial charge in [-0.1, -0.05) is 36.4 Å². The number of hydrogen-bond acceptors (Lipinski definition) is 5. The van der Waals surface area contributed by atoms with Crippen LogP contribution in [0.4, 0.5) is 11.4 Å². The van der Waals surface area contributed by atoms with E-state index >= 15 is 0 Å². The predicted molar refractivity (Wildman–Crippen MR) is 124 cm³/mol. The predicted octanol–water partition coefficient (Wildman–Crippen LogP) is 4.75. The van der Waals surface area contributed by atoms with Crippen LogP contribution in [0.15, 0.2) is 72.8 Å². The Balaban J connectivity index is 1.62. The minimum atomic E-state index is -0.277. The average Bonchev–Trinajstić information content (AvgIpc) is 2.83. The lowest BCUT2D eigenvalue weighted by molar-refractivity contribution is -0.116. The zero-order valence-corrected chi connectivity index (χ0v) is 18.1. The van der Waals surface area contributed by atoms with E-state index < -0.39 is 0 Å². The number of rotatable bonds is 10. The maximum atomic E-state index is 12.5. The molecule has 7 heteroatoms. The molecule has 0 aliphatic heterocycles. The van der Waals surface area contributed by atoms with Crippen LogP contribution in [0, 0.1) is 0 Å². The summed E-state index contributed by atoms with van der Waals surface area (Å²) < 4.78 is 16.4. The minimum absolute atomic E-state index is 0.178. The Bertz CT molecular complexity index is 1040. The highest BCUT2D eigenvalue weighted by atomic mass is 16.5. The molecule has 0 aromatic heterocycles.